The molecule has 0 saturated carbocycles. The summed E-state index contributed by atoms with van der Waals surface area (Å²) < 4.78 is 17.9. The molecule has 0 radical (unpaired) electrons. The van der Waals surface area contributed by atoms with Gasteiger partial charge in [0.05, 0.1) is 46.2 Å². The quantitative estimate of drug-likeness (QED) is 0.423. The number of nitrogens with one attached hydrogen (secondary N) is 1. The van der Waals surface area contributed by atoms with Crippen LogP contribution in [0.2, 0.25) is 0 Å². The summed E-state index contributed by atoms with van der Waals surface area (Å²) >= 11 is 0. The molecule has 1 aromatic rings. The Hall–Kier alpha value is -2.05. The van der Waals surface area contributed by atoms with Crippen molar-refractivity contribution >= 4 is 18.1 Å². The first-order valence-corrected chi connectivity index (χ1v) is 8.63. The maximum atomic E-state index is 6.00. The standard InChI is InChI=1S/C19H30N3O3/c1-15(20-2)16-13-19(18(23-5)14-17(16)21-3)25-10-6-7-22(4)8-11-24-12-9-22/h13-14,20H,1,3,6-12H2,2,4-5H3/q+1. The molecule has 1 N–H and O–H groups in total. The summed E-state index contributed by atoms with van der Waals surface area (Å²) in [4.78, 5) is 4.06. The minimum absolute atomic E-state index is 0.636. The zero-order valence-electron chi connectivity index (χ0n) is 15.6. The average Bonchev–Trinajstić information content (AvgIpc) is 2.64. The molecule has 1 saturated heterocycles. The smallest absolute Gasteiger partial charge is 0.162 e. The van der Waals surface area contributed by atoms with E-state index in [0.717, 1.165) is 60.7 Å². The minimum Gasteiger partial charge on any atom is -0.493 e. The molecule has 2 rings (SSSR count). The average molecular weight is 348 g/mol. The van der Waals surface area contributed by atoms with Crippen molar-refractivity contribution in [1.29, 1.82) is 0 Å². The molecule has 0 atom stereocenters. The van der Waals surface area contributed by atoms with Crippen LogP contribution >= 0.6 is 0 Å². The summed E-state index contributed by atoms with van der Waals surface area (Å²) in [7, 11) is 5.73. The summed E-state index contributed by atoms with van der Waals surface area (Å²) in [6.07, 6.45) is 0.976. The van der Waals surface area contributed by atoms with Crippen LogP contribution in [0.25, 0.3) is 5.70 Å². The first-order chi connectivity index (χ1) is 12.0. The molecular formula is C19H30N3O3+. The van der Waals surface area contributed by atoms with Crippen LogP contribution in [-0.4, -0.2) is 71.9 Å². The number of quaternary nitrogens is 1. The Balaban J connectivity index is 2.02. The fourth-order valence-electron chi connectivity index (χ4n) is 2.96. The maximum absolute atomic E-state index is 6.00. The zero-order chi connectivity index (χ0) is 18.3. The van der Waals surface area contributed by atoms with E-state index in [1.54, 1.807) is 7.11 Å². The fraction of sp³-hybridized carbons (Fsp3) is 0.526. The SMILES string of the molecule is C=Nc1cc(OC)c(OCCC[N+]2(C)CCOCC2)cc1C(=C)NC. The molecule has 1 fully saturated rings. The second-order valence-corrected chi connectivity index (χ2v) is 6.51. The highest BCUT2D eigenvalue weighted by atomic mass is 16.5. The lowest BCUT2D eigenvalue weighted by Gasteiger charge is -2.37. The van der Waals surface area contributed by atoms with E-state index in [0.29, 0.717) is 18.1 Å². The van der Waals surface area contributed by atoms with Crippen molar-refractivity contribution in [2.24, 2.45) is 4.99 Å². The highest BCUT2D eigenvalue weighted by Gasteiger charge is 2.24. The molecule has 0 bridgehead atoms. The largest absolute Gasteiger partial charge is 0.493 e. The molecule has 1 heterocycles. The highest BCUT2D eigenvalue weighted by Crippen LogP contribution is 2.37. The van der Waals surface area contributed by atoms with Gasteiger partial charge in [-0.25, -0.2) is 0 Å². The van der Waals surface area contributed by atoms with E-state index < -0.39 is 0 Å². The Labute approximate surface area is 150 Å². The second-order valence-electron chi connectivity index (χ2n) is 6.51. The van der Waals surface area contributed by atoms with Gasteiger partial charge in [0.25, 0.3) is 0 Å². The van der Waals surface area contributed by atoms with Gasteiger partial charge in [-0.2, -0.15) is 0 Å². The molecule has 1 aliphatic rings. The predicted molar refractivity (Wildman–Crippen MR) is 102 cm³/mol. The number of hydrogen-bond donors (Lipinski definition) is 1. The number of methoxy groups -OCH3 is 1. The van der Waals surface area contributed by atoms with Crippen LogP contribution in [0.15, 0.2) is 23.7 Å². The summed E-state index contributed by atoms with van der Waals surface area (Å²) in [5, 5.41) is 3.04. The Bertz CT molecular complexity index is 610. The van der Waals surface area contributed by atoms with Gasteiger partial charge in [0, 0.05) is 30.8 Å². The van der Waals surface area contributed by atoms with Crippen molar-refractivity contribution in [3.05, 3.63) is 24.3 Å². The van der Waals surface area contributed by atoms with Crippen molar-refractivity contribution in [3.63, 3.8) is 0 Å². The molecule has 0 aromatic heterocycles. The van der Waals surface area contributed by atoms with Crippen molar-refractivity contribution in [2.75, 3.05) is 60.7 Å². The zero-order valence-corrected chi connectivity index (χ0v) is 15.6. The summed E-state index contributed by atoms with van der Waals surface area (Å²) in [5.41, 5.74) is 2.34. The van der Waals surface area contributed by atoms with Crippen LogP contribution in [0.1, 0.15) is 12.0 Å². The Morgan fingerprint density at radius 1 is 1.32 bits per heavy atom. The molecule has 25 heavy (non-hydrogen) atoms. The Morgan fingerprint density at radius 3 is 2.64 bits per heavy atom. The Kier molecular flexibility index (Phi) is 6.84. The number of morpholine rings is 1. The third-order valence-corrected chi connectivity index (χ3v) is 4.73. The number of hydrogen-bond acceptors (Lipinski definition) is 5. The number of likely N-dealkylation sites (N-methyl/N-ethyl adjacent to an activating group) is 1. The van der Waals surface area contributed by atoms with Gasteiger partial charge < -0.3 is 24.0 Å². The molecule has 1 aliphatic heterocycles. The van der Waals surface area contributed by atoms with Crippen LogP contribution in [0.5, 0.6) is 11.5 Å². The number of benzene rings is 1. The van der Waals surface area contributed by atoms with Crippen molar-refractivity contribution < 1.29 is 18.7 Å². The third-order valence-electron chi connectivity index (χ3n) is 4.73. The van der Waals surface area contributed by atoms with E-state index in [4.69, 9.17) is 14.2 Å². The van der Waals surface area contributed by atoms with Gasteiger partial charge >= 0.3 is 0 Å². The van der Waals surface area contributed by atoms with E-state index in [2.05, 4.69) is 30.7 Å². The van der Waals surface area contributed by atoms with Gasteiger partial charge in [0.1, 0.15) is 13.1 Å². The molecule has 6 heteroatoms. The van der Waals surface area contributed by atoms with E-state index in [9.17, 15) is 0 Å². The molecule has 0 unspecified atom stereocenters. The lowest BCUT2D eigenvalue weighted by molar-refractivity contribution is -0.917. The van der Waals surface area contributed by atoms with E-state index in [-0.39, 0.29) is 0 Å². The number of aliphatic imine (C=N–C) groups is 1. The molecular weight excluding hydrogens is 318 g/mol. The van der Waals surface area contributed by atoms with Gasteiger partial charge in [-0.05, 0) is 12.8 Å². The lowest BCUT2D eigenvalue weighted by atomic mass is 10.1. The molecule has 0 amide bonds. The van der Waals surface area contributed by atoms with Gasteiger partial charge in [-0.3, -0.25) is 4.99 Å². The summed E-state index contributed by atoms with van der Waals surface area (Å²) in [5.74, 6) is 1.35. The van der Waals surface area contributed by atoms with Gasteiger partial charge in [0.2, 0.25) is 0 Å². The van der Waals surface area contributed by atoms with Crippen LogP contribution < -0.4 is 14.8 Å². The summed E-state index contributed by atoms with van der Waals surface area (Å²) in [6, 6.07) is 3.74. The maximum Gasteiger partial charge on any atom is 0.162 e. The number of nitrogens with zero attached hydrogens (tertiary/aromatic N) is 2. The number of ether oxygens (including phenoxy) is 3. The lowest BCUT2D eigenvalue weighted by Crippen LogP contribution is -2.52. The first kappa shape index (κ1) is 19.3. The third kappa shape index (κ3) is 4.96. The molecule has 1 aromatic carbocycles. The monoisotopic (exact) mass is 348 g/mol. The van der Waals surface area contributed by atoms with Crippen molar-refractivity contribution in [1.82, 2.24) is 5.32 Å². The number of rotatable bonds is 9. The van der Waals surface area contributed by atoms with Crippen LogP contribution in [-0.2, 0) is 4.74 Å². The van der Waals surface area contributed by atoms with E-state index in [1.807, 2.05) is 19.2 Å². The molecule has 0 aliphatic carbocycles. The predicted octanol–water partition coefficient (Wildman–Crippen LogP) is 2.46. The summed E-state index contributed by atoms with van der Waals surface area (Å²) in [6.45, 7) is 13.2. The first-order valence-electron chi connectivity index (χ1n) is 8.63. The minimum atomic E-state index is 0.636. The van der Waals surface area contributed by atoms with Gasteiger partial charge in [-0.15, -0.1) is 0 Å². The molecule has 138 valence electrons. The topological polar surface area (TPSA) is 52.1 Å². The van der Waals surface area contributed by atoms with Crippen molar-refractivity contribution in [2.45, 2.75) is 6.42 Å². The normalized spacial score (nSPS) is 16.1. The van der Waals surface area contributed by atoms with Gasteiger partial charge in [0.15, 0.2) is 11.5 Å². The Morgan fingerprint density at radius 2 is 2.04 bits per heavy atom. The second kappa shape index (κ2) is 8.87. The van der Waals surface area contributed by atoms with Crippen molar-refractivity contribution in [3.8, 4) is 11.5 Å². The highest BCUT2D eigenvalue weighted by molar-refractivity contribution is 5.76. The van der Waals surface area contributed by atoms with Crippen LogP contribution in [0.3, 0.4) is 0 Å². The fourth-order valence-corrected chi connectivity index (χ4v) is 2.96. The van der Waals surface area contributed by atoms with E-state index >= 15 is 0 Å². The van der Waals surface area contributed by atoms with Crippen LogP contribution in [0, 0.1) is 0 Å². The molecule has 6 nitrogen and oxygen atoms in total. The van der Waals surface area contributed by atoms with Gasteiger partial charge in [-0.1, -0.05) is 6.58 Å². The molecule has 0 spiro atoms. The van der Waals surface area contributed by atoms with Crippen LogP contribution in [0.4, 0.5) is 5.69 Å². The van der Waals surface area contributed by atoms with E-state index in [1.165, 1.54) is 0 Å².